The zero-order valence-corrected chi connectivity index (χ0v) is 19.1. The van der Waals surface area contributed by atoms with Crippen LogP contribution in [0.3, 0.4) is 0 Å². The number of para-hydroxylation sites is 1. The van der Waals surface area contributed by atoms with Crippen LogP contribution in [0.2, 0.25) is 0 Å². The predicted molar refractivity (Wildman–Crippen MR) is 121 cm³/mol. The minimum Gasteiger partial charge on any atom is -0.404 e. The molecule has 2 aromatic carbocycles. The minimum atomic E-state index is -5.13. The van der Waals surface area contributed by atoms with Gasteiger partial charge in [0.2, 0.25) is 10.0 Å². The molecule has 0 fully saturated rings. The highest BCUT2D eigenvalue weighted by atomic mass is 32.2. The summed E-state index contributed by atoms with van der Waals surface area (Å²) in [5, 5.41) is 0. The summed E-state index contributed by atoms with van der Waals surface area (Å²) >= 11 is 0. The molecule has 0 N–H and O–H groups in total. The second kappa shape index (κ2) is 8.88. The van der Waals surface area contributed by atoms with Crippen molar-refractivity contribution in [1.29, 1.82) is 0 Å². The maximum Gasteiger partial charge on any atom is 0.573 e. The number of fused-ring (bicyclic) bond motifs is 3. The Morgan fingerprint density at radius 2 is 1.67 bits per heavy atom. The Bertz CT molecular complexity index is 1540. The van der Waals surface area contributed by atoms with E-state index in [0.717, 1.165) is 16.4 Å². The molecule has 2 aromatic heterocycles. The summed E-state index contributed by atoms with van der Waals surface area (Å²) in [5.74, 6) is -1.10. The van der Waals surface area contributed by atoms with E-state index in [1.165, 1.54) is 41.2 Å². The SMILES string of the molecule is O=C(c1ccccc1)C1c2nccn2-c2ncccc2CN1S(=O)(=O)c1ccccc1OC(F)(F)F. The second-order valence-electron chi connectivity index (χ2n) is 7.82. The minimum absolute atomic E-state index is 0.0547. The van der Waals surface area contributed by atoms with Gasteiger partial charge in [0, 0.05) is 36.3 Å². The molecule has 4 aromatic rings. The van der Waals surface area contributed by atoms with Crippen molar-refractivity contribution in [2.75, 3.05) is 0 Å². The number of carbonyl (C=O) groups excluding carboxylic acids is 1. The van der Waals surface area contributed by atoms with Gasteiger partial charge in [-0.3, -0.25) is 9.36 Å². The van der Waals surface area contributed by atoms with Crippen molar-refractivity contribution in [1.82, 2.24) is 18.8 Å². The third-order valence-electron chi connectivity index (χ3n) is 5.59. The normalized spacial score (nSPS) is 16.0. The zero-order chi connectivity index (χ0) is 25.5. The number of ether oxygens (including phenoxy) is 1. The van der Waals surface area contributed by atoms with Gasteiger partial charge >= 0.3 is 6.36 Å². The topological polar surface area (TPSA) is 94.4 Å². The van der Waals surface area contributed by atoms with E-state index in [4.69, 9.17) is 0 Å². The number of rotatable bonds is 5. The lowest BCUT2D eigenvalue weighted by Crippen LogP contribution is -2.39. The molecule has 8 nitrogen and oxygen atoms in total. The molecule has 0 aliphatic carbocycles. The first kappa shape index (κ1) is 23.7. The van der Waals surface area contributed by atoms with E-state index in [1.807, 2.05) is 0 Å². The van der Waals surface area contributed by atoms with E-state index in [0.29, 0.717) is 11.4 Å². The Morgan fingerprint density at radius 1 is 0.944 bits per heavy atom. The molecule has 3 heterocycles. The monoisotopic (exact) mass is 514 g/mol. The third-order valence-corrected chi connectivity index (χ3v) is 7.44. The lowest BCUT2D eigenvalue weighted by Gasteiger charge is -2.28. The number of hydrogen-bond acceptors (Lipinski definition) is 6. The number of sulfonamides is 1. The summed E-state index contributed by atoms with van der Waals surface area (Å²) < 4.78 is 73.6. The van der Waals surface area contributed by atoms with Gasteiger partial charge in [-0.2, -0.15) is 4.31 Å². The predicted octanol–water partition coefficient (Wildman–Crippen LogP) is 4.29. The molecule has 0 saturated heterocycles. The van der Waals surface area contributed by atoms with Gasteiger partial charge in [0.25, 0.3) is 0 Å². The molecule has 0 radical (unpaired) electrons. The fourth-order valence-electron chi connectivity index (χ4n) is 4.09. The summed E-state index contributed by atoms with van der Waals surface area (Å²) in [6.45, 7) is -0.349. The van der Waals surface area contributed by atoms with Crippen LogP contribution in [0, 0.1) is 0 Å². The first-order valence-corrected chi connectivity index (χ1v) is 12.0. The van der Waals surface area contributed by atoms with Gasteiger partial charge in [-0.25, -0.2) is 18.4 Å². The van der Waals surface area contributed by atoms with Gasteiger partial charge in [-0.1, -0.05) is 48.5 Å². The van der Waals surface area contributed by atoms with Crippen molar-refractivity contribution in [3.63, 3.8) is 0 Å². The smallest absolute Gasteiger partial charge is 0.404 e. The number of aromatic nitrogens is 3. The number of benzene rings is 2. The maximum atomic E-state index is 14.0. The molecule has 1 aliphatic heterocycles. The Morgan fingerprint density at radius 3 is 2.42 bits per heavy atom. The van der Waals surface area contributed by atoms with E-state index in [1.54, 1.807) is 36.5 Å². The van der Waals surface area contributed by atoms with Crippen LogP contribution >= 0.6 is 0 Å². The van der Waals surface area contributed by atoms with Crippen LogP contribution in [-0.2, 0) is 16.6 Å². The fourth-order valence-corrected chi connectivity index (χ4v) is 5.73. The van der Waals surface area contributed by atoms with Crippen molar-refractivity contribution >= 4 is 15.8 Å². The maximum absolute atomic E-state index is 14.0. The molecule has 36 heavy (non-hydrogen) atoms. The number of Topliss-reactive ketones (excluding diaryl/α,β-unsaturated/α-hetero) is 1. The van der Waals surface area contributed by atoms with E-state index in [9.17, 15) is 26.4 Å². The van der Waals surface area contributed by atoms with Gasteiger partial charge in [0.1, 0.15) is 28.3 Å². The van der Waals surface area contributed by atoms with Crippen LogP contribution in [0.5, 0.6) is 5.75 Å². The number of carbonyl (C=O) groups is 1. The molecule has 0 amide bonds. The molecule has 0 spiro atoms. The largest absolute Gasteiger partial charge is 0.573 e. The molecule has 5 rings (SSSR count). The molecular formula is C24H17F3N4O4S. The van der Waals surface area contributed by atoms with Crippen molar-refractivity contribution in [3.8, 4) is 11.6 Å². The molecule has 0 bridgehead atoms. The highest BCUT2D eigenvalue weighted by molar-refractivity contribution is 7.89. The molecular weight excluding hydrogens is 497 g/mol. The number of imidazole rings is 1. The number of ketones is 1. The first-order chi connectivity index (χ1) is 17.2. The summed E-state index contributed by atoms with van der Waals surface area (Å²) in [7, 11) is -4.75. The number of pyridine rings is 1. The molecule has 1 unspecified atom stereocenters. The quantitative estimate of drug-likeness (QED) is 0.369. The van der Waals surface area contributed by atoms with Crippen molar-refractivity contribution in [2.45, 2.75) is 23.8 Å². The number of nitrogens with zero attached hydrogens (tertiary/aromatic N) is 4. The summed E-state index contributed by atoms with van der Waals surface area (Å²) in [6, 6.07) is 14.1. The average molecular weight is 514 g/mol. The van der Waals surface area contributed by atoms with Crippen LogP contribution < -0.4 is 4.74 Å². The molecule has 12 heteroatoms. The molecule has 0 saturated carbocycles. The van der Waals surface area contributed by atoms with Gasteiger partial charge in [-0.15, -0.1) is 13.2 Å². The first-order valence-electron chi connectivity index (χ1n) is 10.6. The third kappa shape index (κ3) is 4.25. The standard InChI is InChI=1S/C24H17F3N4O4S/c25-24(26,27)35-18-10-4-5-11-19(18)36(33,34)31-15-17-9-6-12-28-22(17)30-14-13-29-23(30)20(31)21(32)16-7-2-1-3-8-16/h1-14,20H,15H2. The number of halogens is 3. The lowest BCUT2D eigenvalue weighted by molar-refractivity contribution is -0.275. The Labute approximate surface area is 203 Å². The van der Waals surface area contributed by atoms with E-state index >= 15 is 0 Å². The van der Waals surface area contributed by atoms with Gasteiger partial charge in [-0.05, 0) is 18.2 Å². The summed E-state index contributed by atoms with van der Waals surface area (Å²) in [5.41, 5.74) is 0.633. The van der Waals surface area contributed by atoms with Crippen LogP contribution in [-0.4, -0.2) is 39.4 Å². The van der Waals surface area contributed by atoms with Crippen LogP contribution in [0.1, 0.15) is 27.8 Å². The van der Waals surface area contributed by atoms with Crippen molar-refractivity contribution in [2.24, 2.45) is 0 Å². The van der Waals surface area contributed by atoms with E-state index in [2.05, 4.69) is 14.7 Å². The zero-order valence-electron chi connectivity index (χ0n) is 18.3. The molecule has 1 atom stereocenters. The number of alkyl halides is 3. The Kier molecular flexibility index (Phi) is 5.85. The Hall–Kier alpha value is -4.03. The Balaban J connectivity index is 1.73. The van der Waals surface area contributed by atoms with Gasteiger partial charge in [0.05, 0.1) is 0 Å². The second-order valence-corrected chi connectivity index (χ2v) is 9.68. The van der Waals surface area contributed by atoms with Crippen LogP contribution in [0.4, 0.5) is 13.2 Å². The van der Waals surface area contributed by atoms with Gasteiger partial charge < -0.3 is 4.74 Å². The average Bonchev–Trinajstić information content (AvgIpc) is 3.27. The van der Waals surface area contributed by atoms with E-state index < -0.39 is 38.9 Å². The van der Waals surface area contributed by atoms with Crippen LogP contribution in [0.25, 0.3) is 5.82 Å². The lowest BCUT2D eigenvalue weighted by atomic mass is 10.0. The molecule has 184 valence electrons. The number of hydrogen-bond donors (Lipinski definition) is 0. The van der Waals surface area contributed by atoms with Crippen molar-refractivity contribution < 1.29 is 31.1 Å². The fraction of sp³-hybridized carbons (Fsp3) is 0.125. The highest BCUT2D eigenvalue weighted by Gasteiger charge is 2.44. The summed E-state index contributed by atoms with van der Waals surface area (Å²) in [6.07, 6.45) is -0.678. The summed E-state index contributed by atoms with van der Waals surface area (Å²) in [4.78, 5) is 21.6. The highest BCUT2D eigenvalue weighted by Crippen LogP contribution is 2.39. The van der Waals surface area contributed by atoms with E-state index in [-0.39, 0.29) is 17.9 Å². The van der Waals surface area contributed by atoms with Crippen LogP contribution in [0.15, 0.2) is 90.2 Å². The van der Waals surface area contributed by atoms with Crippen molar-refractivity contribution in [3.05, 3.63) is 102 Å². The van der Waals surface area contributed by atoms with Gasteiger partial charge in [0.15, 0.2) is 5.78 Å². The molecule has 1 aliphatic rings.